The molecule has 3 rings (SSSR count). The fourth-order valence-electron chi connectivity index (χ4n) is 2.46. The summed E-state index contributed by atoms with van der Waals surface area (Å²) in [5.41, 5.74) is 2.72. The molecule has 1 aromatic carbocycles. The largest absolute Gasteiger partial charge is 0.483 e. The third-order valence-electron chi connectivity index (χ3n) is 3.93. The maximum absolute atomic E-state index is 11.3. The van der Waals surface area contributed by atoms with E-state index in [0.717, 1.165) is 11.1 Å². The molecule has 0 N–H and O–H groups in total. The number of ether oxygens (including phenoxy) is 2. The first-order valence-electron chi connectivity index (χ1n) is 8.09. The predicted octanol–water partition coefficient (Wildman–Crippen LogP) is 3.83. The molecule has 3 aromatic rings. The molecule has 26 heavy (non-hydrogen) atoms. The van der Waals surface area contributed by atoms with Crippen LogP contribution in [0.5, 0.6) is 5.75 Å². The normalized spacial score (nSPS) is 12.2. The van der Waals surface area contributed by atoms with Gasteiger partial charge >= 0.3 is 5.97 Å². The number of aromatic nitrogens is 3. The minimum atomic E-state index is -0.334. The summed E-state index contributed by atoms with van der Waals surface area (Å²) >= 11 is 6.36. The summed E-state index contributed by atoms with van der Waals surface area (Å²) < 4.78 is 15.9. The second-order valence-corrected chi connectivity index (χ2v) is 6.25. The van der Waals surface area contributed by atoms with Crippen molar-refractivity contribution in [2.45, 2.75) is 32.8 Å². The predicted molar refractivity (Wildman–Crippen MR) is 95.2 cm³/mol. The van der Waals surface area contributed by atoms with Crippen molar-refractivity contribution in [3.8, 4) is 5.75 Å². The summed E-state index contributed by atoms with van der Waals surface area (Å²) in [6.45, 7) is 3.73. The second kappa shape index (κ2) is 7.70. The first-order chi connectivity index (χ1) is 12.5. The van der Waals surface area contributed by atoms with E-state index in [4.69, 9.17) is 20.9 Å². The monoisotopic (exact) mass is 375 g/mol. The van der Waals surface area contributed by atoms with E-state index < -0.39 is 0 Å². The molecular weight excluding hydrogens is 358 g/mol. The van der Waals surface area contributed by atoms with Gasteiger partial charge in [-0.1, -0.05) is 16.8 Å². The average molecular weight is 376 g/mol. The number of fused-ring (bicyclic) bond motifs is 1. The molecule has 0 amide bonds. The average Bonchev–Trinajstić information content (AvgIpc) is 3.02. The van der Waals surface area contributed by atoms with Crippen LogP contribution in [0, 0.1) is 6.92 Å². The minimum absolute atomic E-state index is 0.219. The molecule has 2 heterocycles. The highest BCUT2D eigenvalue weighted by Gasteiger charge is 2.17. The van der Waals surface area contributed by atoms with Gasteiger partial charge in [0.25, 0.3) is 0 Å². The summed E-state index contributed by atoms with van der Waals surface area (Å²) in [6, 6.07) is 7.14. The summed E-state index contributed by atoms with van der Waals surface area (Å²) in [7, 11) is 1.35. The molecule has 0 aliphatic heterocycles. The first-order valence-corrected chi connectivity index (χ1v) is 8.47. The number of benzene rings is 1. The highest BCUT2D eigenvalue weighted by Crippen LogP contribution is 2.34. The van der Waals surface area contributed by atoms with E-state index in [1.165, 1.54) is 7.11 Å². The third kappa shape index (κ3) is 3.94. The van der Waals surface area contributed by atoms with Gasteiger partial charge in [0.15, 0.2) is 5.58 Å². The van der Waals surface area contributed by atoms with E-state index in [2.05, 4.69) is 20.1 Å². The molecule has 2 aromatic heterocycles. The molecule has 0 radical (unpaired) electrons. The van der Waals surface area contributed by atoms with Crippen molar-refractivity contribution >= 4 is 28.5 Å². The molecular formula is C18H18ClN3O4. The highest BCUT2D eigenvalue weighted by atomic mass is 35.5. The van der Waals surface area contributed by atoms with Crippen LogP contribution in [-0.4, -0.2) is 28.4 Å². The van der Waals surface area contributed by atoms with Gasteiger partial charge in [-0.05, 0) is 32.0 Å². The molecule has 0 spiro atoms. The fraction of sp³-hybridized carbons (Fsp3) is 0.333. The first kappa shape index (κ1) is 18.1. The molecule has 0 saturated carbocycles. The van der Waals surface area contributed by atoms with E-state index in [1.54, 1.807) is 12.1 Å². The lowest BCUT2D eigenvalue weighted by Gasteiger charge is -2.14. The zero-order chi connectivity index (χ0) is 18.7. The lowest BCUT2D eigenvalue weighted by molar-refractivity contribution is -0.140. The van der Waals surface area contributed by atoms with Crippen molar-refractivity contribution in [1.82, 2.24) is 15.4 Å². The minimum Gasteiger partial charge on any atom is -0.483 e. The number of esters is 1. The number of carbonyl (C=O) groups is 1. The summed E-state index contributed by atoms with van der Waals surface area (Å²) in [6.07, 6.45) is 0.294. The van der Waals surface area contributed by atoms with E-state index in [-0.39, 0.29) is 18.5 Å². The molecule has 7 nitrogen and oxygen atoms in total. The van der Waals surface area contributed by atoms with Gasteiger partial charge in [0.05, 0.1) is 29.9 Å². The molecule has 0 saturated heterocycles. The van der Waals surface area contributed by atoms with Crippen LogP contribution < -0.4 is 4.74 Å². The topological polar surface area (TPSA) is 87.3 Å². The Morgan fingerprint density at radius 3 is 2.81 bits per heavy atom. The Balaban J connectivity index is 1.80. The Kier molecular flexibility index (Phi) is 5.37. The maximum Gasteiger partial charge on any atom is 0.305 e. The number of nitrogens with zero attached hydrogens (tertiary/aromatic N) is 3. The van der Waals surface area contributed by atoms with Crippen molar-refractivity contribution in [3.05, 3.63) is 46.4 Å². The van der Waals surface area contributed by atoms with Crippen molar-refractivity contribution in [1.29, 1.82) is 0 Å². The van der Waals surface area contributed by atoms with Crippen LogP contribution >= 0.6 is 11.6 Å². The Hall–Kier alpha value is -2.67. The molecule has 8 heteroatoms. The zero-order valence-electron chi connectivity index (χ0n) is 14.7. The number of halogens is 1. The highest BCUT2D eigenvalue weighted by molar-refractivity contribution is 6.32. The Morgan fingerprint density at radius 2 is 2.12 bits per heavy atom. The number of rotatable bonds is 6. The molecule has 136 valence electrons. The van der Waals surface area contributed by atoms with Gasteiger partial charge in [0, 0.05) is 17.9 Å². The smallest absolute Gasteiger partial charge is 0.305 e. The van der Waals surface area contributed by atoms with Gasteiger partial charge in [0.2, 0.25) is 0 Å². The van der Waals surface area contributed by atoms with Crippen LogP contribution in [-0.2, 0) is 16.0 Å². The fourth-order valence-corrected chi connectivity index (χ4v) is 2.67. The van der Waals surface area contributed by atoms with Gasteiger partial charge in [-0.25, -0.2) is 0 Å². The lowest BCUT2D eigenvalue weighted by Crippen LogP contribution is -2.07. The Morgan fingerprint density at radius 1 is 1.31 bits per heavy atom. The quantitative estimate of drug-likeness (QED) is 0.605. The Labute approximate surface area is 155 Å². The van der Waals surface area contributed by atoms with Gasteiger partial charge < -0.3 is 14.0 Å². The van der Waals surface area contributed by atoms with Gasteiger partial charge in [-0.2, -0.15) is 10.2 Å². The van der Waals surface area contributed by atoms with Crippen LogP contribution in [0.25, 0.3) is 11.0 Å². The summed E-state index contributed by atoms with van der Waals surface area (Å²) in [5, 5.41) is 13.3. The van der Waals surface area contributed by atoms with Crippen LogP contribution in [0.4, 0.5) is 0 Å². The summed E-state index contributed by atoms with van der Waals surface area (Å²) in [4.78, 5) is 11.3. The standard InChI is InChI=1S/C18H18ClN3O4/c1-10-4-5-14(21-20-10)11(2)25-17-9-16-12(8-13(17)19)15(22-26-16)6-7-18(23)24-3/h4-5,8-9,11H,6-7H2,1-3H3. The van der Waals surface area contributed by atoms with Crippen molar-refractivity contribution in [3.63, 3.8) is 0 Å². The van der Waals surface area contributed by atoms with E-state index in [1.807, 2.05) is 26.0 Å². The van der Waals surface area contributed by atoms with Gasteiger partial charge in [0.1, 0.15) is 17.5 Å². The van der Waals surface area contributed by atoms with Gasteiger partial charge in [-0.15, -0.1) is 0 Å². The van der Waals surface area contributed by atoms with Crippen LogP contribution in [0.2, 0.25) is 5.02 Å². The third-order valence-corrected chi connectivity index (χ3v) is 4.23. The lowest BCUT2D eigenvalue weighted by atomic mass is 10.1. The second-order valence-electron chi connectivity index (χ2n) is 5.84. The number of hydrogen-bond donors (Lipinski definition) is 0. The Bertz CT molecular complexity index is 924. The SMILES string of the molecule is COC(=O)CCc1noc2cc(OC(C)c3ccc(C)nn3)c(Cl)cc12. The van der Waals surface area contributed by atoms with Crippen molar-refractivity contribution < 1.29 is 18.8 Å². The number of carbonyl (C=O) groups excluding carboxylic acids is 1. The van der Waals surface area contributed by atoms with E-state index in [0.29, 0.717) is 34.2 Å². The van der Waals surface area contributed by atoms with Gasteiger partial charge in [-0.3, -0.25) is 4.79 Å². The van der Waals surface area contributed by atoms with Crippen molar-refractivity contribution in [2.24, 2.45) is 0 Å². The maximum atomic E-state index is 11.3. The molecule has 0 bridgehead atoms. The molecule has 0 aliphatic carbocycles. The van der Waals surface area contributed by atoms with Crippen molar-refractivity contribution in [2.75, 3.05) is 7.11 Å². The van der Waals surface area contributed by atoms with Crippen LogP contribution in [0.3, 0.4) is 0 Å². The number of methoxy groups -OCH3 is 1. The van der Waals surface area contributed by atoms with Crippen LogP contribution in [0.1, 0.15) is 36.5 Å². The van der Waals surface area contributed by atoms with Crippen LogP contribution in [0.15, 0.2) is 28.8 Å². The molecule has 1 unspecified atom stereocenters. The molecule has 1 atom stereocenters. The zero-order valence-corrected chi connectivity index (χ0v) is 15.4. The number of aryl methyl sites for hydroxylation is 2. The van der Waals surface area contributed by atoms with E-state index in [9.17, 15) is 4.79 Å². The number of hydrogen-bond acceptors (Lipinski definition) is 7. The summed E-state index contributed by atoms with van der Waals surface area (Å²) in [5.74, 6) is 0.157. The molecule has 0 fully saturated rings. The molecule has 0 aliphatic rings. The van der Waals surface area contributed by atoms with E-state index >= 15 is 0 Å².